The molecule has 0 bridgehead atoms. The van der Waals surface area contributed by atoms with Gasteiger partial charge in [-0.3, -0.25) is 4.79 Å². The lowest BCUT2D eigenvalue weighted by Gasteiger charge is -2.18. The molecule has 2 N–H and O–H groups in total. The molecule has 0 radical (unpaired) electrons. The average molecular weight is 496 g/mol. The Hall–Kier alpha value is -3.69. The van der Waals surface area contributed by atoms with Gasteiger partial charge in [0, 0.05) is 6.42 Å². The lowest BCUT2D eigenvalue weighted by Crippen LogP contribution is -2.32. The van der Waals surface area contributed by atoms with Gasteiger partial charge in [0.2, 0.25) is 15.9 Å². The molecule has 1 atom stereocenters. The molecule has 35 heavy (non-hydrogen) atoms. The highest BCUT2D eigenvalue weighted by atomic mass is 32.2. The van der Waals surface area contributed by atoms with Gasteiger partial charge >= 0.3 is 0 Å². The third-order valence-electron chi connectivity index (χ3n) is 5.11. The summed E-state index contributed by atoms with van der Waals surface area (Å²) in [5, 5.41) is 4.01. The zero-order valence-corrected chi connectivity index (χ0v) is 20.7. The van der Waals surface area contributed by atoms with E-state index in [1.807, 2.05) is 19.9 Å². The minimum absolute atomic E-state index is 0.132. The average Bonchev–Trinajstić information content (AvgIpc) is 2.85. The van der Waals surface area contributed by atoms with Crippen LogP contribution in [0.25, 0.3) is 0 Å². The number of benzene rings is 3. The zero-order valence-electron chi connectivity index (χ0n) is 19.9. The molecule has 3 aromatic rings. The SMILES string of the molecule is CCOc1cc(/C=N\NC(=O)C[C@H](NS(=O)(=O)c2ccc(C)cc2)c2ccccc2)ccc1OC. The first kappa shape index (κ1) is 25.9. The highest BCUT2D eigenvalue weighted by Crippen LogP contribution is 2.27. The number of carbonyl (C=O) groups excluding carboxylic acids is 1. The number of hydrogen-bond donors (Lipinski definition) is 2. The number of hydrazone groups is 1. The molecular formula is C26H29N3O5S. The normalized spacial score (nSPS) is 12.3. The van der Waals surface area contributed by atoms with Crippen LogP contribution in [-0.2, 0) is 14.8 Å². The fourth-order valence-electron chi connectivity index (χ4n) is 3.34. The minimum atomic E-state index is -3.84. The van der Waals surface area contributed by atoms with Crippen LogP contribution in [0.1, 0.15) is 36.1 Å². The van der Waals surface area contributed by atoms with Crippen molar-refractivity contribution >= 4 is 22.1 Å². The van der Waals surface area contributed by atoms with E-state index < -0.39 is 22.0 Å². The molecule has 0 saturated carbocycles. The maximum Gasteiger partial charge on any atom is 0.242 e. The fraction of sp³-hybridized carbons (Fsp3) is 0.231. The summed E-state index contributed by atoms with van der Waals surface area (Å²) >= 11 is 0. The number of carbonyl (C=O) groups is 1. The smallest absolute Gasteiger partial charge is 0.242 e. The van der Waals surface area contributed by atoms with Crippen LogP contribution in [0.4, 0.5) is 0 Å². The Kier molecular flexibility index (Phi) is 8.99. The molecule has 0 spiro atoms. The number of sulfonamides is 1. The van der Waals surface area contributed by atoms with E-state index in [2.05, 4.69) is 15.2 Å². The van der Waals surface area contributed by atoms with Crippen LogP contribution in [-0.4, -0.2) is 34.3 Å². The first-order valence-electron chi connectivity index (χ1n) is 11.1. The first-order valence-corrected chi connectivity index (χ1v) is 12.6. The van der Waals surface area contributed by atoms with Crippen LogP contribution in [0.15, 0.2) is 82.8 Å². The summed E-state index contributed by atoms with van der Waals surface area (Å²) in [6.07, 6.45) is 1.34. The summed E-state index contributed by atoms with van der Waals surface area (Å²) in [4.78, 5) is 12.8. The van der Waals surface area contributed by atoms with Crippen molar-refractivity contribution in [1.82, 2.24) is 10.1 Å². The predicted octanol–water partition coefficient (Wildman–Crippen LogP) is 3.96. The minimum Gasteiger partial charge on any atom is -0.493 e. The molecule has 0 heterocycles. The van der Waals surface area contributed by atoms with E-state index >= 15 is 0 Å². The van der Waals surface area contributed by atoms with E-state index in [0.29, 0.717) is 29.2 Å². The second-order valence-corrected chi connectivity index (χ2v) is 9.45. The van der Waals surface area contributed by atoms with Gasteiger partial charge < -0.3 is 9.47 Å². The van der Waals surface area contributed by atoms with E-state index in [1.165, 1.54) is 18.3 Å². The van der Waals surface area contributed by atoms with Gasteiger partial charge in [0.05, 0.1) is 30.9 Å². The van der Waals surface area contributed by atoms with Gasteiger partial charge in [-0.05, 0) is 55.3 Å². The van der Waals surface area contributed by atoms with Crippen molar-refractivity contribution < 1.29 is 22.7 Å². The second kappa shape index (κ2) is 12.1. The highest BCUT2D eigenvalue weighted by Gasteiger charge is 2.23. The summed E-state index contributed by atoms with van der Waals surface area (Å²) < 4.78 is 39.4. The van der Waals surface area contributed by atoms with Gasteiger partial charge in [-0.25, -0.2) is 18.6 Å². The Morgan fingerprint density at radius 1 is 1.03 bits per heavy atom. The fourth-order valence-corrected chi connectivity index (χ4v) is 4.56. The number of methoxy groups -OCH3 is 1. The predicted molar refractivity (Wildman–Crippen MR) is 135 cm³/mol. The zero-order chi connectivity index (χ0) is 25.3. The topological polar surface area (TPSA) is 106 Å². The molecule has 3 aromatic carbocycles. The molecule has 1 amide bonds. The molecule has 0 fully saturated rings. The van der Waals surface area contributed by atoms with Gasteiger partial charge in [-0.15, -0.1) is 0 Å². The summed E-state index contributed by atoms with van der Waals surface area (Å²) in [7, 11) is -2.29. The van der Waals surface area contributed by atoms with Crippen molar-refractivity contribution in [3.8, 4) is 11.5 Å². The molecule has 0 aliphatic carbocycles. The lowest BCUT2D eigenvalue weighted by molar-refractivity contribution is -0.121. The Morgan fingerprint density at radius 3 is 2.40 bits per heavy atom. The van der Waals surface area contributed by atoms with Gasteiger partial charge in [0.15, 0.2) is 11.5 Å². The van der Waals surface area contributed by atoms with Crippen molar-refractivity contribution in [2.75, 3.05) is 13.7 Å². The molecule has 184 valence electrons. The number of nitrogens with zero attached hydrogens (tertiary/aromatic N) is 1. The number of amides is 1. The third-order valence-corrected chi connectivity index (χ3v) is 6.60. The van der Waals surface area contributed by atoms with Gasteiger partial charge in [0.1, 0.15) is 0 Å². The van der Waals surface area contributed by atoms with Gasteiger partial charge in [-0.2, -0.15) is 5.10 Å². The molecule has 0 saturated heterocycles. The molecule has 0 aromatic heterocycles. The summed E-state index contributed by atoms with van der Waals surface area (Å²) in [6.45, 7) is 4.23. The van der Waals surface area contributed by atoms with Gasteiger partial charge in [0.25, 0.3) is 0 Å². The highest BCUT2D eigenvalue weighted by molar-refractivity contribution is 7.89. The van der Waals surface area contributed by atoms with Crippen molar-refractivity contribution in [3.63, 3.8) is 0 Å². The number of hydrogen-bond acceptors (Lipinski definition) is 6. The maximum absolute atomic E-state index is 13.0. The molecule has 0 aliphatic rings. The number of ether oxygens (including phenoxy) is 2. The Morgan fingerprint density at radius 2 is 1.74 bits per heavy atom. The summed E-state index contributed by atoms with van der Waals surface area (Å²) in [5.74, 6) is 0.722. The van der Waals surface area contributed by atoms with Crippen molar-refractivity contribution in [3.05, 3.63) is 89.5 Å². The number of aryl methyl sites for hydroxylation is 1. The lowest BCUT2D eigenvalue weighted by atomic mass is 10.0. The van der Waals surface area contributed by atoms with E-state index in [1.54, 1.807) is 61.7 Å². The molecule has 3 rings (SSSR count). The van der Waals surface area contributed by atoms with Crippen LogP contribution in [0.5, 0.6) is 11.5 Å². The maximum atomic E-state index is 13.0. The van der Waals surface area contributed by atoms with E-state index in [4.69, 9.17) is 9.47 Å². The number of nitrogens with one attached hydrogen (secondary N) is 2. The molecule has 9 heteroatoms. The molecule has 0 aliphatic heterocycles. The third kappa shape index (κ3) is 7.40. The van der Waals surface area contributed by atoms with Crippen molar-refractivity contribution in [2.45, 2.75) is 31.2 Å². The standard InChI is InChI=1S/C26H29N3O5S/c1-4-34-25-16-20(12-15-24(25)33-3)18-27-28-26(30)17-23(21-8-6-5-7-9-21)29-35(31,32)22-13-10-19(2)11-14-22/h5-16,18,23,29H,4,17H2,1-3H3,(H,28,30)/b27-18-/t23-/m0/s1. The summed E-state index contributed by atoms with van der Waals surface area (Å²) in [6, 6.07) is 20.0. The largest absolute Gasteiger partial charge is 0.493 e. The number of rotatable bonds is 11. The first-order chi connectivity index (χ1) is 16.8. The van der Waals surface area contributed by atoms with E-state index in [9.17, 15) is 13.2 Å². The summed E-state index contributed by atoms with van der Waals surface area (Å²) in [5.41, 5.74) is 4.79. The Labute approximate surface area is 206 Å². The molecule has 8 nitrogen and oxygen atoms in total. The quantitative estimate of drug-likeness (QED) is 0.309. The molecule has 0 unspecified atom stereocenters. The van der Waals surface area contributed by atoms with Crippen LogP contribution >= 0.6 is 0 Å². The monoisotopic (exact) mass is 495 g/mol. The van der Waals surface area contributed by atoms with E-state index in [-0.39, 0.29) is 11.3 Å². The van der Waals surface area contributed by atoms with Crippen LogP contribution < -0.4 is 19.6 Å². The van der Waals surface area contributed by atoms with Crippen LogP contribution in [0.2, 0.25) is 0 Å². The Bertz CT molecular complexity index is 1260. The van der Waals surface area contributed by atoms with Gasteiger partial charge in [-0.1, -0.05) is 48.0 Å². The van der Waals surface area contributed by atoms with Crippen LogP contribution in [0, 0.1) is 6.92 Å². The molecular weight excluding hydrogens is 466 g/mol. The van der Waals surface area contributed by atoms with Crippen molar-refractivity contribution in [2.24, 2.45) is 5.10 Å². The van der Waals surface area contributed by atoms with E-state index in [0.717, 1.165) is 5.56 Å². The second-order valence-electron chi connectivity index (χ2n) is 7.74. The van der Waals surface area contributed by atoms with Crippen molar-refractivity contribution in [1.29, 1.82) is 0 Å². The van der Waals surface area contributed by atoms with Crippen LogP contribution in [0.3, 0.4) is 0 Å². The Balaban J connectivity index is 1.72.